The van der Waals surface area contributed by atoms with E-state index in [0.717, 1.165) is 12.8 Å². The number of carbonyl (C=O) groups is 1. The highest BCUT2D eigenvalue weighted by Gasteiger charge is 2.14. The first kappa shape index (κ1) is 15.7. The zero-order valence-corrected chi connectivity index (χ0v) is 10.4. The monoisotopic (exact) mass is 244 g/mol. The topological polar surface area (TPSA) is 129 Å². The van der Waals surface area contributed by atoms with Gasteiger partial charge in [-0.3, -0.25) is 10.2 Å². The minimum Gasteiger partial charge on any atom is -0.370 e. The van der Waals surface area contributed by atoms with E-state index in [2.05, 4.69) is 16.0 Å². The Morgan fingerprint density at radius 1 is 1.29 bits per heavy atom. The summed E-state index contributed by atoms with van der Waals surface area (Å²) in [5.74, 6) is -0.0535. The van der Waals surface area contributed by atoms with Crippen molar-refractivity contribution in [2.75, 3.05) is 26.7 Å². The van der Waals surface area contributed by atoms with Crippen LogP contribution in [-0.4, -0.2) is 44.6 Å². The lowest BCUT2D eigenvalue weighted by Gasteiger charge is -2.16. The number of nitrogens with two attached hydrogens (primary N) is 2. The predicted molar refractivity (Wildman–Crippen MR) is 68.7 cm³/mol. The van der Waals surface area contributed by atoms with Crippen LogP contribution in [0.4, 0.5) is 0 Å². The summed E-state index contributed by atoms with van der Waals surface area (Å²) < 4.78 is 0. The number of rotatable bonds is 9. The summed E-state index contributed by atoms with van der Waals surface area (Å²) in [5.41, 5.74) is 10.5. The summed E-state index contributed by atoms with van der Waals surface area (Å²) in [6, 6.07) is -0.207. The van der Waals surface area contributed by atoms with Gasteiger partial charge in [-0.15, -0.1) is 0 Å². The Kier molecular flexibility index (Phi) is 9.08. The molecule has 7 nitrogen and oxygen atoms in total. The molecule has 0 bridgehead atoms. The van der Waals surface area contributed by atoms with E-state index in [0.29, 0.717) is 26.1 Å². The third kappa shape index (κ3) is 8.47. The summed E-state index contributed by atoms with van der Waals surface area (Å²) in [6.45, 7) is 1.79. The van der Waals surface area contributed by atoms with Gasteiger partial charge < -0.3 is 27.4 Å². The van der Waals surface area contributed by atoms with Crippen LogP contribution in [0.25, 0.3) is 0 Å². The van der Waals surface area contributed by atoms with Gasteiger partial charge in [-0.25, -0.2) is 0 Å². The molecular formula is C10H24N6O. The number of guanidine groups is 1. The zero-order chi connectivity index (χ0) is 13.1. The van der Waals surface area contributed by atoms with Crippen LogP contribution in [-0.2, 0) is 4.79 Å². The number of nitrogens with one attached hydrogen (secondary N) is 4. The maximum Gasteiger partial charge on any atom is 0.237 e. The van der Waals surface area contributed by atoms with E-state index in [1.165, 1.54) is 0 Å². The molecule has 0 aliphatic heterocycles. The Hall–Kier alpha value is -1.34. The first-order valence-corrected chi connectivity index (χ1v) is 5.84. The van der Waals surface area contributed by atoms with Gasteiger partial charge >= 0.3 is 0 Å². The summed E-state index contributed by atoms with van der Waals surface area (Å²) in [7, 11) is 1.76. The van der Waals surface area contributed by atoms with Gasteiger partial charge in [-0.2, -0.15) is 0 Å². The van der Waals surface area contributed by atoms with Crippen molar-refractivity contribution < 1.29 is 4.79 Å². The van der Waals surface area contributed by atoms with Crippen LogP contribution in [0.15, 0.2) is 0 Å². The normalized spacial score (nSPS) is 11.9. The second-order valence-corrected chi connectivity index (χ2v) is 3.76. The molecule has 0 rings (SSSR count). The van der Waals surface area contributed by atoms with Gasteiger partial charge in [-0.1, -0.05) is 0 Å². The third-order valence-electron chi connectivity index (χ3n) is 2.33. The van der Waals surface area contributed by atoms with E-state index in [1.54, 1.807) is 7.05 Å². The summed E-state index contributed by atoms with van der Waals surface area (Å²) in [5, 5.41) is 15.5. The van der Waals surface area contributed by atoms with Crippen LogP contribution in [0.2, 0.25) is 0 Å². The summed E-state index contributed by atoms with van der Waals surface area (Å²) in [4.78, 5) is 11.7. The van der Waals surface area contributed by atoms with Crippen molar-refractivity contribution in [1.82, 2.24) is 16.0 Å². The molecule has 7 heteroatoms. The molecule has 0 aliphatic carbocycles. The molecule has 1 amide bonds. The average Bonchev–Trinajstić information content (AvgIpc) is 2.29. The minimum absolute atomic E-state index is 0.0104. The Labute approximate surface area is 102 Å². The Morgan fingerprint density at radius 3 is 2.47 bits per heavy atom. The molecule has 0 heterocycles. The Bertz CT molecular complexity index is 233. The van der Waals surface area contributed by atoms with Crippen molar-refractivity contribution in [3.63, 3.8) is 0 Å². The fraction of sp³-hybridized carbons (Fsp3) is 0.800. The van der Waals surface area contributed by atoms with Crippen LogP contribution in [0, 0.1) is 5.41 Å². The lowest BCUT2D eigenvalue weighted by Crippen LogP contribution is -2.43. The molecular weight excluding hydrogens is 220 g/mol. The van der Waals surface area contributed by atoms with Crippen LogP contribution >= 0.6 is 0 Å². The molecule has 0 radical (unpaired) electrons. The van der Waals surface area contributed by atoms with E-state index in [4.69, 9.17) is 16.9 Å². The number of hydrogen-bond acceptors (Lipinski definition) is 4. The second kappa shape index (κ2) is 9.86. The quantitative estimate of drug-likeness (QED) is 0.164. The van der Waals surface area contributed by atoms with Gasteiger partial charge in [0.1, 0.15) is 0 Å². The molecule has 1 unspecified atom stereocenters. The fourth-order valence-corrected chi connectivity index (χ4v) is 1.37. The van der Waals surface area contributed by atoms with Crippen molar-refractivity contribution in [3.8, 4) is 0 Å². The van der Waals surface area contributed by atoms with Gasteiger partial charge in [0.15, 0.2) is 5.96 Å². The highest BCUT2D eigenvalue weighted by molar-refractivity contribution is 5.81. The molecule has 0 aromatic carbocycles. The maximum absolute atomic E-state index is 11.7. The molecule has 1 atom stereocenters. The van der Waals surface area contributed by atoms with E-state index in [-0.39, 0.29) is 17.9 Å². The highest BCUT2D eigenvalue weighted by atomic mass is 16.2. The van der Waals surface area contributed by atoms with E-state index in [9.17, 15) is 4.79 Å². The van der Waals surface area contributed by atoms with Crippen LogP contribution in [0.1, 0.15) is 19.3 Å². The van der Waals surface area contributed by atoms with Crippen LogP contribution < -0.4 is 27.4 Å². The van der Waals surface area contributed by atoms with Crippen molar-refractivity contribution in [1.29, 1.82) is 5.41 Å². The number of hydrogen-bond donors (Lipinski definition) is 6. The van der Waals surface area contributed by atoms with Gasteiger partial charge in [0.2, 0.25) is 5.91 Å². The molecule has 0 fully saturated rings. The largest absolute Gasteiger partial charge is 0.370 e. The molecule has 0 aromatic rings. The van der Waals surface area contributed by atoms with Crippen molar-refractivity contribution in [2.45, 2.75) is 25.3 Å². The summed E-state index contributed by atoms with van der Waals surface area (Å²) >= 11 is 0. The SMILES string of the molecule is CNC(CCCNC(=N)N)C(=O)NCCCN. The molecule has 0 saturated carbocycles. The van der Waals surface area contributed by atoms with Crippen LogP contribution in [0.5, 0.6) is 0 Å². The Balaban J connectivity index is 3.73. The van der Waals surface area contributed by atoms with Crippen molar-refractivity contribution in [2.24, 2.45) is 11.5 Å². The highest BCUT2D eigenvalue weighted by Crippen LogP contribution is 1.96. The average molecular weight is 244 g/mol. The molecule has 0 aromatic heterocycles. The van der Waals surface area contributed by atoms with E-state index >= 15 is 0 Å². The molecule has 0 saturated heterocycles. The second-order valence-electron chi connectivity index (χ2n) is 3.76. The number of carbonyl (C=O) groups excluding carboxylic acids is 1. The minimum atomic E-state index is -0.207. The number of amides is 1. The molecule has 0 aliphatic rings. The van der Waals surface area contributed by atoms with Crippen molar-refractivity contribution in [3.05, 3.63) is 0 Å². The lowest BCUT2D eigenvalue weighted by atomic mass is 10.1. The van der Waals surface area contributed by atoms with E-state index in [1.807, 2.05) is 0 Å². The van der Waals surface area contributed by atoms with Gasteiger partial charge in [-0.05, 0) is 32.9 Å². The number of likely N-dealkylation sites (N-methyl/N-ethyl adjacent to an activating group) is 1. The first-order valence-electron chi connectivity index (χ1n) is 5.84. The molecule has 8 N–H and O–H groups in total. The smallest absolute Gasteiger partial charge is 0.237 e. The van der Waals surface area contributed by atoms with Gasteiger partial charge in [0.05, 0.1) is 6.04 Å². The van der Waals surface area contributed by atoms with Gasteiger partial charge in [0, 0.05) is 13.1 Å². The maximum atomic E-state index is 11.7. The predicted octanol–water partition coefficient (Wildman–Crippen LogP) is -1.70. The zero-order valence-electron chi connectivity index (χ0n) is 10.4. The van der Waals surface area contributed by atoms with Gasteiger partial charge in [0.25, 0.3) is 0 Å². The molecule has 17 heavy (non-hydrogen) atoms. The Morgan fingerprint density at radius 2 is 1.94 bits per heavy atom. The lowest BCUT2D eigenvalue weighted by molar-refractivity contribution is -0.123. The molecule has 100 valence electrons. The third-order valence-corrected chi connectivity index (χ3v) is 2.33. The standard InChI is InChI=1S/C10H24N6O/c1-14-8(4-2-6-16-10(12)13)9(17)15-7-3-5-11/h8,14H,2-7,11H2,1H3,(H,15,17)(H4,12,13,16). The van der Waals surface area contributed by atoms with Crippen molar-refractivity contribution >= 4 is 11.9 Å². The first-order chi connectivity index (χ1) is 8.11. The van der Waals surface area contributed by atoms with E-state index < -0.39 is 0 Å². The van der Waals surface area contributed by atoms with Crippen LogP contribution in [0.3, 0.4) is 0 Å². The summed E-state index contributed by atoms with van der Waals surface area (Å²) in [6.07, 6.45) is 2.26. The molecule has 0 spiro atoms. The fourth-order valence-electron chi connectivity index (χ4n) is 1.37.